The first kappa shape index (κ1) is 40.4. The average molecular weight is 702 g/mol. The number of hydrogen-bond acceptors (Lipinski definition) is 7. The van der Waals surface area contributed by atoms with Gasteiger partial charge in [-0.2, -0.15) is 22.0 Å². The summed E-state index contributed by atoms with van der Waals surface area (Å²) in [5.74, 6) is 0.602. The fourth-order valence-electron chi connectivity index (χ4n) is 4.86. The minimum absolute atomic E-state index is 0.0988. The summed E-state index contributed by atoms with van der Waals surface area (Å²) in [6, 6.07) is 6.35. The van der Waals surface area contributed by atoms with Crippen molar-refractivity contribution in [2.24, 2.45) is 17.8 Å². The minimum atomic E-state index is -4.45. The molecule has 0 fully saturated rings. The molecule has 0 aliphatic rings. The van der Waals surface area contributed by atoms with Crippen molar-refractivity contribution in [3.8, 4) is 11.5 Å². The number of nitrogens with one attached hydrogen (secondary N) is 2. The second-order valence-electron chi connectivity index (χ2n) is 11.6. The number of amides is 2. The zero-order valence-electron chi connectivity index (χ0n) is 28.2. The van der Waals surface area contributed by atoms with Crippen LogP contribution in [0.3, 0.4) is 0 Å². The van der Waals surface area contributed by atoms with E-state index in [2.05, 4.69) is 54.6 Å². The van der Waals surface area contributed by atoms with Gasteiger partial charge in [0.05, 0.1) is 33.6 Å². The van der Waals surface area contributed by atoms with Gasteiger partial charge in [0.15, 0.2) is 0 Å². The predicted molar refractivity (Wildman–Crippen MR) is 178 cm³/mol. The number of nitrogens with zero attached hydrogens (tertiary/aromatic N) is 1. The Kier molecular flexibility index (Phi) is 15.7. The smallest absolute Gasteiger partial charge is 0.389 e. The van der Waals surface area contributed by atoms with E-state index < -0.39 is 37.4 Å². The standard InChI is InChI=1S/C23H20F5N3O4S.C11H24O/c1-11(8-9-23(26,27)28)29-20(32)14-5-4-13(35-22(24)25)10-16(14)31-21(33)18-17(34-3)7-6-15-19(18)36-12(2)30-15;1-6-10(3)11(4)7-9(2)8-12-5/h4-7,10,22H,1,8-9H2,2-3H3,(H,29,32)(H,31,33);9-11H,6-8H2,1-5H3. The van der Waals surface area contributed by atoms with Crippen LogP contribution in [0.4, 0.5) is 27.6 Å². The molecule has 8 nitrogen and oxygen atoms in total. The second kappa shape index (κ2) is 18.7. The minimum Gasteiger partial charge on any atom is -0.496 e. The summed E-state index contributed by atoms with van der Waals surface area (Å²) in [6.45, 7) is 12.1. The summed E-state index contributed by atoms with van der Waals surface area (Å²) < 4.78 is 78.2. The largest absolute Gasteiger partial charge is 0.496 e. The van der Waals surface area contributed by atoms with Gasteiger partial charge in [0.2, 0.25) is 0 Å². The molecule has 3 aromatic rings. The first-order valence-electron chi connectivity index (χ1n) is 15.4. The number of rotatable bonds is 15. The predicted octanol–water partition coefficient (Wildman–Crippen LogP) is 9.39. The van der Waals surface area contributed by atoms with E-state index in [-0.39, 0.29) is 34.0 Å². The lowest BCUT2D eigenvalue weighted by molar-refractivity contribution is -0.134. The van der Waals surface area contributed by atoms with Crippen LogP contribution < -0.4 is 20.1 Å². The lowest BCUT2D eigenvalue weighted by Crippen LogP contribution is -2.25. The zero-order valence-corrected chi connectivity index (χ0v) is 29.0. The Balaban J connectivity index is 0.000000567. The molecule has 266 valence electrons. The van der Waals surface area contributed by atoms with Crippen LogP contribution in [0.25, 0.3) is 10.2 Å². The third-order valence-electron chi connectivity index (χ3n) is 7.62. The van der Waals surface area contributed by atoms with Gasteiger partial charge in [0, 0.05) is 31.9 Å². The normalized spacial score (nSPS) is 13.3. The number of ether oxygens (including phenoxy) is 3. The number of hydrogen-bond donors (Lipinski definition) is 2. The average Bonchev–Trinajstić information content (AvgIpc) is 3.38. The van der Waals surface area contributed by atoms with Gasteiger partial charge in [-0.3, -0.25) is 9.59 Å². The summed E-state index contributed by atoms with van der Waals surface area (Å²) in [5.41, 5.74) is -0.0303. The molecule has 2 amide bonds. The van der Waals surface area contributed by atoms with Crippen LogP contribution in [0, 0.1) is 24.7 Å². The Morgan fingerprint density at radius 3 is 2.31 bits per heavy atom. The highest BCUT2D eigenvalue weighted by molar-refractivity contribution is 7.19. The van der Waals surface area contributed by atoms with Gasteiger partial charge < -0.3 is 24.8 Å². The van der Waals surface area contributed by atoms with Crippen LogP contribution >= 0.6 is 11.3 Å². The van der Waals surface area contributed by atoms with Crippen molar-refractivity contribution in [3.63, 3.8) is 0 Å². The van der Waals surface area contributed by atoms with Gasteiger partial charge in [-0.15, -0.1) is 11.3 Å². The number of carbonyl (C=O) groups excluding carboxylic acids is 2. The number of alkyl halides is 5. The van der Waals surface area contributed by atoms with Crippen LogP contribution in [0.2, 0.25) is 0 Å². The van der Waals surface area contributed by atoms with E-state index in [0.29, 0.717) is 21.1 Å². The molecule has 1 heterocycles. The van der Waals surface area contributed by atoms with E-state index in [0.717, 1.165) is 36.6 Å². The Morgan fingerprint density at radius 1 is 1.04 bits per heavy atom. The van der Waals surface area contributed by atoms with E-state index >= 15 is 0 Å². The molecule has 0 bridgehead atoms. The molecule has 14 heteroatoms. The number of fused-ring (bicyclic) bond motifs is 1. The molecule has 3 unspecified atom stereocenters. The van der Waals surface area contributed by atoms with Gasteiger partial charge in [-0.25, -0.2) is 4.98 Å². The topological polar surface area (TPSA) is 98.8 Å². The molecular formula is C34H44F5N3O5S. The van der Waals surface area contributed by atoms with Crippen molar-refractivity contribution in [1.29, 1.82) is 0 Å². The molecule has 48 heavy (non-hydrogen) atoms. The lowest BCUT2D eigenvalue weighted by atomic mass is 9.86. The highest BCUT2D eigenvalue weighted by Crippen LogP contribution is 2.34. The lowest BCUT2D eigenvalue weighted by Gasteiger charge is -2.21. The van der Waals surface area contributed by atoms with Crippen molar-refractivity contribution >= 4 is 39.1 Å². The molecule has 0 saturated carbocycles. The van der Waals surface area contributed by atoms with Crippen molar-refractivity contribution in [2.45, 2.75) is 73.1 Å². The van der Waals surface area contributed by atoms with Gasteiger partial charge in [-0.05, 0) is 61.8 Å². The number of methoxy groups -OCH3 is 2. The summed E-state index contributed by atoms with van der Waals surface area (Å²) in [6.07, 6.45) is -3.62. The molecule has 2 N–H and O–H groups in total. The van der Waals surface area contributed by atoms with E-state index in [1.54, 1.807) is 20.1 Å². The van der Waals surface area contributed by atoms with E-state index in [1.807, 2.05) is 0 Å². The molecule has 0 spiro atoms. The van der Waals surface area contributed by atoms with E-state index in [4.69, 9.17) is 9.47 Å². The van der Waals surface area contributed by atoms with Crippen LogP contribution in [-0.4, -0.2) is 50.4 Å². The van der Waals surface area contributed by atoms with Gasteiger partial charge >= 0.3 is 12.8 Å². The molecule has 0 aliphatic heterocycles. The summed E-state index contributed by atoms with van der Waals surface area (Å²) >= 11 is 1.23. The summed E-state index contributed by atoms with van der Waals surface area (Å²) in [5, 5.41) is 5.40. The van der Waals surface area contributed by atoms with Crippen LogP contribution in [0.5, 0.6) is 11.5 Å². The highest BCUT2D eigenvalue weighted by atomic mass is 32.1. The molecular weight excluding hydrogens is 657 g/mol. The number of carbonyl (C=O) groups is 2. The maximum Gasteiger partial charge on any atom is 0.389 e. The summed E-state index contributed by atoms with van der Waals surface area (Å²) in [7, 11) is 3.14. The number of aryl methyl sites for hydroxylation is 1. The van der Waals surface area contributed by atoms with Gasteiger partial charge in [0.25, 0.3) is 11.8 Å². The quantitative estimate of drug-likeness (QED) is 0.153. The number of thiazole rings is 1. The molecule has 2 aromatic carbocycles. The molecule has 3 rings (SSSR count). The molecule has 0 saturated heterocycles. The third-order valence-corrected chi connectivity index (χ3v) is 8.63. The zero-order chi connectivity index (χ0) is 36.2. The maximum atomic E-state index is 13.3. The van der Waals surface area contributed by atoms with Gasteiger partial charge in [-0.1, -0.05) is 40.7 Å². The number of anilines is 1. The third kappa shape index (κ3) is 12.7. The fourth-order valence-corrected chi connectivity index (χ4v) is 5.81. The van der Waals surface area contributed by atoms with Crippen LogP contribution in [0.1, 0.15) is 79.1 Å². The van der Waals surface area contributed by atoms with Crippen LogP contribution in [-0.2, 0) is 4.74 Å². The Labute approximate surface area is 282 Å². The molecule has 0 aliphatic carbocycles. The first-order valence-corrected chi connectivity index (χ1v) is 16.2. The Morgan fingerprint density at radius 2 is 1.73 bits per heavy atom. The molecule has 3 atom stereocenters. The van der Waals surface area contributed by atoms with E-state index in [1.165, 1.54) is 37.4 Å². The monoisotopic (exact) mass is 701 g/mol. The molecule has 1 aromatic heterocycles. The Bertz CT molecular complexity index is 1530. The SMILES string of the molecule is C=C(CCC(F)(F)F)NC(=O)c1ccc(OC(F)F)cc1NC(=O)c1c(OC)ccc2nc(C)sc12.CCC(C)C(C)CC(C)COC. The number of benzene rings is 2. The first-order chi connectivity index (χ1) is 22.5. The van der Waals surface area contributed by atoms with Crippen molar-refractivity contribution in [1.82, 2.24) is 10.3 Å². The van der Waals surface area contributed by atoms with Crippen molar-refractivity contribution in [2.75, 3.05) is 26.1 Å². The van der Waals surface area contributed by atoms with Crippen LogP contribution in [0.15, 0.2) is 42.6 Å². The molecule has 0 radical (unpaired) electrons. The highest BCUT2D eigenvalue weighted by Gasteiger charge is 2.27. The summed E-state index contributed by atoms with van der Waals surface area (Å²) in [4.78, 5) is 30.4. The van der Waals surface area contributed by atoms with Crippen molar-refractivity contribution in [3.05, 3.63) is 58.7 Å². The van der Waals surface area contributed by atoms with E-state index in [9.17, 15) is 31.5 Å². The van der Waals surface area contributed by atoms with Gasteiger partial charge in [0.1, 0.15) is 17.1 Å². The second-order valence-corrected chi connectivity index (χ2v) is 12.8. The Hall–Kier alpha value is -3.78. The number of aromatic nitrogens is 1. The maximum absolute atomic E-state index is 13.3. The fraction of sp³-hybridized carbons (Fsp3) is 0.500. The number of allylic oxidation sites excluding steroid dienone is 1. The van der Waals surface area contributed by atoms with Crippen molar-refractivity contribution < 1.29 is 45.8 Å². The number of halogens is 5.